The van der Waals surface area contributed by atoms with E-state index in [2.05, 4.69) is 31.4 Å². The van der Waals surface area contributed by atoms with Crippen molar-refractivity contribution in [2.45, 2.75) is 25.2 Å². The Morgan fingerprint density at radius 1 is 1.31 bits per heavy atom. The molecule has 0 saturated carbocycles. The molecule has 0 N–H and O–H groups in total. The average Bonchev–Trinajstić information content (AvgIpc) is 2.19. The van der Waals surface area contributed by atoms with Crippen molar-refractivity contribution < 1.29 is 4.74 Å². The van der Waals surface area contributed by atoms with E-state index in [1.807, 2.05) is 6.92 Å². The van der Waals surface area contributed by atoms with Crippen LogP contribution in [0.2, 0.25) is 0 Å². The van der Waals surface area contributed by atoms with Crippen LogP contribution in [0.3, 0.4) is 0 Å². The standard InChI is InChI=1S/C11H16OS/c1-4-9-8-10(13-3)6-7-11(9)12-5-2/h6-8H,4-5H2,1-3H3. The van der Waals surface area contributed by atoms with E-state index in [9.17, 15) is 0 Å². The lowest BCUT2D eigenvalue weighted by Gasteiger charge is -2.09. The Morgan fingerprint density at radius 3 is 2.62 bits per heavy atom. The summed E-state index contributed by atoms with van der Waals surface area (Å²) in [6, 6.07) is 6.37. The lowest BCUT2D eigenvalue weighted by molar-refractivity contribution is 0.336. The molecule has 0 unspecified atom stereocenters. The molecule has 0 aliphatic heterocycles. The molecule has 0 atom stereocenters. The van der Waals surface area contributed by atoms with Crippen molar-refractivity contribution in [2.75, 3.05) is 12.9 Å². The van der Waals surface area contributed by atoms with Gasteiger partial charge >= 0.3 is 0 Å². The molecule has 0 bridgehead atoms. The van der Waals surface area contributed by atoms with Crippen LogP contribution in [0.25, 0.3) is 0 Å². The van der Waals surface area contributed by atoms with Crippen molar-refractivity contribution in [3.63, 3.8) is 0 Å². The van der Waals surface area contributed by atoms with Crippen LogP contribution in [-0.2, 0) is 6.42 Å². The first kappa shape index (κ1) is 10.5. The van der Waals surface area contributed by atoms with Crippen LogP contribution in [0.15, 0.2) is 23.1 Å². The van der Waals surface area contributed by atoms with E-state index >= 15 is 0 Å². The zero-order valence-corrected chi connectivity index (χ0v) is 9.28. The minimum atomic E-state index is 0.742. The number of thioether (sulfide) groups is 1. The molecule has 0 saturated heterocycles. The second-order valence-electron chi connectivity index (χ2n) is 2.76. The predicted octanol–water partition coefficient (Wildman–Crippen LogP) is 3.37. The number of hydrogen-bond acceptors (Lipinski definition) is 2. The summed E-state index contributed by atoms with van der Waals surface area (Å²) >= 11 is 1.77. The molecule has 0 amide bonds. The molecular formula is C11H16OS. The summed E-state index contributed by atoms with van der Waals surface area (Å²) in [4.78, 5) is 1.31. The maximum Gasteiger partial charge on any atom is 0.122 e. The Kier molecular flexibility index (Phi) is 4.16. The molecular weight excluding hydrogens is 180 g/mol. The molecule has 0 aliphatic rings. The predicted molar refractivity (Wildman–Crippen MR) is 58.8 cm³/mol. The van der Waals surface area contributed by atoms with Crippen LogP contribution in [0.5, 0.6) is 5.75 Å². The second-order valence-corrected chi connectivity index (χ2v) is 3.64. The van der Waals surface area contributed by atoms with E-state index in [4.69, 9.17) is 4.74 Å². The molecule has 13 heavy (non-hydrogen) atoms. The van der Waals surface area contributed by atoms with Gasteiger partial charge in [0.25, 0.3) is 0 Å². The summed E-state index contributed by atoms with van der Waals surface area (Å²) in [5.74, 6) is 1.03. The number of aryl methyl sites for hydroxylation is 1. The summed E-state index contributed by atoms with van der Waals surface area (Å²) in [5, 5.41) is 0. The fourth-order valence-corrected chi connectivity index (χ4v) is 1.72. The van der Waals surface area contributed by atoms with E-state index in [1.54, 1.807) is 11.8 Å². The zero-order valence-electron chi connectivity index (χ0n) is 8.46. The monoisotopic (exact) mass is 196 g/mol. The second kappa shape index (κ2) is 5.18. The third-order valence-electron chi connectivity index (χ3n) is 1.95. The van der Waals surface area contributed by atoms with Gasteiger partial charge in [0.05, 0.1) is 6.61 Å². The smallest absolute Gasteiger partial charge is 0.122 e. The maximum atomic E-state index is 5.52. The van der Waals surface area contributed by atoms with E-state index < -0.39 is 0 Å². The number of hydrogen-bond donors (Lipinski definition) is 0. The van der Waals surface area contributed by atoms with E-state index in [0.29, 0.717) is 0 Å². The molecule has 1 rings (SSSR count). The average molecular weight is 196 g/mol. The molecule has 0 heterocycles. The largest absolute Gasteiger partial charge is 0.494 e. The molecule has 1 nitrogen and oxygen atoms in total. The van der Waals surface area contributed by atoms with Gasteiger partial charge in [0.15, 0.2) is 0 Å². The Balaban J connectivity index is 2.93. The molecule has 72 valence electrons. The Morgan fingerprint density at radius 2 is 2.08 bits per heavy atom. The molecule has 0 spiro atoms. The van der Waals surface area contributed by atoms with Gasteiger partial charge in [-0.05, 0) is 43.4 Å². The molecule has 1 aromatic carbocycles. The topological polar surface area (TPSA) is 9.23 Å². The number of rotatable bonds is 4. The number of benzene rings is 1. The maximum absolute atomic E-state index is 5.52. The first-order chi connectivity index (χ1) is 6.31. The Labute approximate surface area is 84.5 Å². The molecule has 0 fully saturated rings. The van der Waals surface area contributed by atoms with Gasteiger partial charge < -0.3 is 4.74 Å². The Bertz CT molecular complexity index is 271. The van der Waals surface area contributed by atoms with E-state index in [-0.39, 0.29) is 0 Å². The highest BCUT2D eigenvalue weighted by Gasteiger charge is 2.01. The summed E-state index contributed by atoms with van der Waals surface area (Å²) in [5.41, 5.74) is 1.30. The van der Waals surface area contributed by atoms with Gasteiger partial charge in [-0.25, -0.2) is 0 Å². The van der Waals surface area contributed by atoms with Crippen LogP contribution in [0, 0.1) is 0 Å². The lowest BCUT2D eigenvalue weighted by Crippen LogP contribution is -1.95. The van der Waals surface area contributed by atoms with Gasteiger partial charge in [0, 0.05) is 4.90 Å². The fourth-order valence-electron chi connectivity index (χ4n) is 1.26. The van der Waals surface area contributed by atoms with Gasteiger partial charge in [-0.15, -0.1) is 11.8 Å². The van der Waals surface area contributed by atoms with Crippen molar-refractivity contribution in [3.8, 4) is 5.75 Å². The molecule has 0 aliphatic carbocycles. The summed E-state index contributed by atoms with van der Waals surface area (Å²) in [6.45, 7) is 4.91. The highest BCUT2D eigenvalue weighted by atomic mass is 32.2. The third-order valence-corrected chi connectivity index (χ3v) is 2.67. The highest BCUT2D eigenvalue weighted by Crippen LogP contribution is 2.25. The van der Waals surface area contributed by atoms with Crippen LogP contribution in [0.1, 0.15) is 19.4 Å². The lowest BCUT2D eigenvalue weighted by atomic mass is 10.1. The van der Waals surface area contributed by atoms with Gasteiger partial charge in [-0.3, -0.25) is 0 Å². The Hall–Kier alpha value is -0.630. The third kappa shape index (κ3) is 2.66. The SMILES string of the molecule is CCOc1ccc(SC)cc1CC. The van der Waals surface area contributed by atoms with Crippen molar-refractivity contribution in [1.29, 1.82) is 0 Å². The quantitative estimate of drug-likeness (QED) is 0.683. The number of ether oxygens (including phenoxy) is 1. The summed E-state index contributed by atoms with van der Waals surface area (Å²) < 4.78 is 5.52. The van der Waals surface area contributed by atoms with Crippen LogP contribution in [0.4, 0.5) is 0 Å². The molecule has 0 aromatic heterocycles. The summed E-state index contributed by atoms with van der Waals surface area (Å²) in [6.07, 6.45) is 3.12. The zero-order chi connectivity index (χ0) is 9.68. The molecule has 2 heteroatoms. The van der Waals surface area contributed by atoms with E-state index in [0.717, 1.165) is 18.8 Å². The van der Waals surface area contributed by atoms with Gasteiger partial charge in [0.1, 0.15) is 5.75 Å². The first-order valence-corrected chi connectivity index (χ1v) is 5.84. The molecule has 1 aromatic rings. The van der Waals surface area contributed by atoms with Crippen LogP contribution in [-0.4, -0.2) is 12.9 Å². The van der Waals surface area contributed by atoms with Gasteiger partial charge in [0.2, 0.25) is 0 Å². The first-order valence-electron chi connectivity index (χ1n) is 4.61. The van der Waals surface area contributed by atoms with E-state index in [1.165, 1.54) is 10.5 Å². The highest BCUT2D eigenvalue weighted by molar-refractivity contribution is 7.98. The molecule has 0 radical (unpaired) electrons. The minimum absolute atomic E-state index is 0.742. The normalized spacial score (nSPS) is 10.1. The van der Waals surface area contributed by atoms with Crippen LogP contribution >= 0.6 is 11.8 Å². The van der Waals surface area contributed by atoms with Crippen molar-refractivity contribution >= 4 is 11.8 Å². The van der Waals surface area contributed by atoms with Gasteiger partial charge in [-0.1, -0.05) is 6.92 Å². The van der Waals surface area contributed by atoms with Crippen molar-refractivity contribution in [3.05, 3.63) is 23.8 Å². The fraction of sp³-hybridized carbons (Fsp3) is 0.455. The summed E-state index contributed by atoms with van der Waals surface area (Å²) in [7, 11) is 0. The minimum Gasteiger partial charge on any atom is -0.494 e. The van der Waals surface area contributed by atoms with Crippen molar-refractivity contribution in [1.82, 2.24) is 0 Å². The van der Waals surface area contributed by atoms with Crippen LogP contribution < -0.4 is 4.74 Å². The van der Waals surface area contributed by atoms with Crippen molar-refractivity contribution in [2.24, 2.45) is 0 Å². The van der Waals surface area contributed by atoms with Gasteiger partial charge in [-0.2, -0.15) is 0 Å².